The van der Waals surface area contributed by atoms with Crippen LogP contribution in [0.25, 0.3) is 11.3 Å². The summed E-state index contributed by atoms with van der Waals surface area (Å²) in [5.41, 5.74) is 2.94. The zero-order valence-electron chi connectivity index (χ0n) is 20.6. The van der Waals surface area contributed by atoms with Gasteiger partial charge < -0.3 is 9.67 Å². The van der Waals surface area contributed by atoms with Crippen molar-refractivity contribution in [1.29, 1.82) is 0 Å². The molecule has 4 fully saturated rings. The third-order valence-electron chi connectivity index (χ3n) is 9.65. The minimum Gasteiger partial charge on any atom is -0.392 e. The standard InChI is InChI=1S/C29H32FN3O3S/c30-23-8-4-7-22-25-15-31-17-33(25)24(27(22)23)11-26(34)29-12-19-9-20(13-29)28(21(10-19)14-29)32-37(35,36)16-18-5-2-1-3-6-18/h1-8,15,17,19-21,24,26,28,32,34H,9-14,16H2/t19?,20?,21?,24-,26+,28?,29?/m1/s1. The van der Waals surface area contributed by atoms with Gasteiger partial charge in [-0.25, -0.2) is 22.5 Å². The van der Waals surface area contributed by atoms with Crippen molar-refractivity contribution in [2.45, 2.75) is 62.5 Å². The lowest BCUT2D eigenvalue weighted by atomic mass is 9.46. The molecular weight excluding hydrogens is 489 g/mol. The first-order valence-electron chi connectivity index (χ1n) is 13.3. The number of nitrogens with zero attached hydrogens (tertiary/aromatic N) is 2. The Bertz CT molecular complexity index is 1420. The van der Waals surface area contributed by atoms with Gasteiger partial charge in [-0.05, 0) is 73.3 Å². The van der Waals surface area contributed by atoms with Crippen molar-refractivity contribution >= 4 is 10.0 Å². The van der Waals surface area contributed by atoms with E-state index in [0.29, 0.717) is 17.9 Å². The van der Waals surface area contributed by atoms with Gasteiger partial charge in [-0.1, -0.05) is 42.5 Å². The fourth-order valence-electron chi connectivity index (χ4n) is 8.42. The smallest absolute Gasteiger partial charge is 0.216 e. The van der Waals surface area contributed by atoms with Crippen molar-refractivity contribution in [1.82, 2.24) is 14.3 Å². The molecule has 8 heteroatoms. The van der Waals surface area contributed by atoms with Crippen molar-refractivity contribution in [2.24, 2.45) is 23.2 Å². The quantitative estimate of drug-likeness (QED) is 0.474. The van der Waals surface area contributed by atoms with Gasteiger partial charge in [-0.15, -0.1) is 0 Å². The van der Waals surface area contributed by atoms with E-state index in [1.54, 1.807) is 18.6 Å². The fourth-order valence-corrected chi connectivity index (χ4v) is 9.94. The predicted octanol–water partition coefficient (Wildman–Crippen LogP) is 4.66. The molecule has 2 heterocycles. The molecule has 1 aliphatic heterocycles. The first kappa shape index (κ1) is 23.6. The van der Waals surface area contributed by atoms with Crippen molar-refractivity contribution in [3.8, 4) is 11.3 Å². The van der Waals surface area contributed by atoms with E-state index >= 15 is 0 Å². The molecule has 4 atom stereocenters. The Morgan fingerprint density at radius 1 is 1.08 bits per heavy atom. The SMILES string of the molecule is O=S(=O)(Cc1ccccc1)NC1C2CC3CC1CC([C@@H](O)C[C@@H]1c4c(F)cccc4-c4cncn41)(C3)C2. The van der Waals surface area contributed by atoms with E-state index in [-0.39, 0.29) is 40.9 Å². The molecule has 4 bridgehead atoms. The Hall–Kier alpha value is -2.55. The average molecular weight is 522 g/mol. The summed E-state index contributed by atoms with van der Waals surface area (Å²) >= 11 is 0. The molecule has 5 aliphatic rings. The average Bonchev–Trinajstić information content (AvgIpc) is 3.44. The number of hydrogen-bond donors (Lipinski definition) is 2. The lowest BCUT2D eigenvalue weighted by molar-refractivity contribution is -0.134. The van der Waals surface area contributed by atoms with Crippen LogP contribution in [0.5, 0.6) is 0 Å². The molecule has 8 rings (SSSR count). The third kappa shape index (κ3) is 3.87. The number of nitrogens with one attached hydrogen (secondary N) is 1. The number of fused-ring (bicyclic) bond motifs is 3. The van der Waals surface area contributed by atoms with Crippen molar-refractivity contribution < 1.29 is 17.9 Å². The molecule has 2 N–H and O–H groups in total. The summed E-state index contributed by atoms with van der Waals surface area (Å²) in [7, 11) is -3.47. The Morgan fingerprint density at radius 3 is 2.59 bits per heavy atom. The molecule has 0 radical (unpaired) electrons. The van der Waals surface area contributed by atoms with E-state index in [2.05, 4.69) is 9.71 Å². The second-order valence-electron chi connectivity index (χ2n) is 11.9. The van der Waals surface area contributed by atoms with Crippen molar-refractivity contribution in [2.75, 3.05) is 0 Å². The maximum Gasteiger partial charge on any atom is 0.216 e. The molecule has 3 aromatic rings. The molecule has 0 saturated heterocycles. The number of sulfonamides is 1. The Kier molecular flexibility index (Phi) is 5.40. The first-order chi connectivity index (χ1) is 17.8. The van der Waals surface area contributed by atoms with Gasteiger partial charge >= 0.3 is 0 Å². The highest BCUT2D eigenvalue weighted by molar-refractivity contribution is 7.88. The number of hydrogen-bond acceptors (Lipinski definition) is 4. The minimum absolute atomic E-state index is 0.0130. The summed E-state index contributed by atoms with van der Waals surface area (Å²) in [5.74, 6) is 0.710. The third-order valence-corrected chi connectivity index (χ3v) is 11.0. The van der Waals surface area contributed by atoms with Crippen LogP contribution in [0.2, 0.25) is 0 Å². The van der Waals surface area contributed by atoms with Gasteiger partial charge in [-0.3, -0.25) is 0 Å². The van der Waals surface area contributed by atoms with Crippen LogP contribution < -0.4 is 4.72 Å². The summed E-state index contributed by atoms with van der Waals surface area (Å²) in [6.07, 6.45) is 7.97. The Morgan fingerprint density at radius 2 is 1.84 bits per heavy atom. The highest BCUT2D eigenvalue weighted by Crippen LogP contribution is 2.62. The van der Waals surface area contributed by atoms with Gasteiger partial charge in [0.2, 0.25) is 10.0 Å². The van der Waals surface area contributed by atoms with Crippen LogP contribution >= 0.6 is 0 Å². The number of imidazole rings is 1. The topological polar surface area (TPSA) is 84.2 Å². The molecule has 37 heavy (non-hydrogen) atoms. The number of aliphatic hydroxyl groups excluding tert-OH is 1. The fraction of sp³-hybridized carbons (Fsp3) is 0.483. The molecule has 194 valence electrons. The van der Waals surface area contributed by atoms with E-state index in [1.807, 2.05) is 41.0 Å². The van der Waals surface area contributed by atoms with E-state index in [9.17, 15) is 17.9 Å². The number of rotatable bonds is 7. The minimum atomic E-state index is -3.47. The van der Waals surface area contributed by atoms with Crippen molar-refractivity contribution in [3.63, 3.8) is 0 Å². The molecule has 0 spiro atoms. The highest BCUT2D eigenvalue weighted by atomic mass is 32.2. The number of halogens is 1. The molecule has 6 nitrogen and oxygen atoms in total. The Labute approximate surface area is 217 Å². The molecule has 2 aromatic carbocycles. The van der Waals surface area contributed by atoms with Gasteiger partial charge in [0.15, 0.2) is 0 Å². The van der Waals surface area contributed by atoms with Gasteiger partial charge in [0.25, 0.3) is 0 Å². The second kappa shape index (κ2) is 8.48. The summed E-state index contributed by atoms with van der Waals surface area (Å²) in [6, 6.07) is 14.1. The summed E-state index contributed by atoms with van der Waals surface area (Å²) in [5, 5.41) is 11.8. The predicted molar refractivity (Wildman–Crippen MR) is 138 cm³/mol. The molecule has 4 aliphatic carbocycles. The molecule has 0 amide bonds. The van der Waals surface area contributed by atoms with E-state index in [1.165, 1.54) is 6.07 Å². The van der Waals surface area contributed by atoms with Crippen LogP contribution in [0.15, 0.2) is 61.1 Å². The lowest BCUT2D eigenvalue weighted by Crippen LogP contribution is -2.61. The molecule has 2 unspecified atom stereocenters. The van der Waals surface area contributed by atoms with Crippen molar-refractivity contribution in [3.05, 3.63) is 78.0 Å². The molecule has 1 aromatic heterocycles. The maximum absolute atomic E-state index is 15.0. The van der Waals surface area contributed by atoms with Gasteiger partial charge in [0.1, 0.15) is 5.82 Å². The van der Waals surface area contributed by atoms with Crippen LogP contribution in [-0.4, -0.2) is 35.2 Å². The van der Waals surface area contributed by atoms with Gasteiger partial charge in [-0.2, -0.15) is 0 Å². The molecular formula is C29H32FN3O3S. The zero-order valence-corrected chi connectivity index (χ0v) is 21.4. The van der Waals surface area contributed by atoms with Crippen LogP contribution in [0.3, 0.4) is 0 Å². The number of aliphatic hydroxyl groups is 1. The van der Waals surface area contributed by atoms with Crippen LogP contribution in [-0.2, 0) is 15.8 Å². The first-order valence-corrected chi connectivity index (χ1v) is 15.0. The summed E-state index contributed by atoms with van der Waals surface area (Å²) in [4.78, 5) is 4.29. The molecule has 4 saturated carbocycles. The van der Waals surface area contributed by atoms with Crippen LogP contribution in [0.4, 0.5) is 4.39 Å². The largest absolute Gasteiger partial charge is 0.392 e. The maximum atomic E-state index is 15.0. The summed E-state index contributed by atoms with van der Waals surface area (Å²) < 4.78 is 46.2. The van der Waals surface area contributed by atoms with E-state index in [4.69, 9.17) is 0 Å². The number of aromatic nitrogens is 2. The van der Waals surface area contributed by atoms with Crippen LogP contribution in [0, 0.1) is 29.0 Å². The highest BCUT2D eigenvalue weighted by Gasteiger charge is 2.58. The van der Waals surface area contributed by atoms with E-state index < -0.39 is 16.1 Å². The second-order valence-corrected chi connectivity index (χ2v) is 13.6. The monoisotopic (exact) mass is 521 g/mol. The summed E-state index contributed by atoms with van der Waals surface area (Å²) in [6.45, 7) is 0. The lowest BCUT2D eigenvalue weighted by Gasteiger charge is -2.61. The zero-order chi connectivity index (χ0) is 25.4. The van der Waals surface area contributed by atoms with E-state index in [0.717, 1.165) is 48.9 Å². The van der Waals surface area contributed by atoms with Gasteiger partial charge in [0.05, 0.1) is 36.1 Å². The number of benzene rings is 2. The Balaban J connectivity index is 1.11. The normalized spacial score (nSPS) is 32.3. The van der Waals surface area contributed by atoms with Gasteiger partial charge in [0, 0.05) is 17.2 Å². The van der Waals surface area contributed by atoms with Crippen LogP contribution in [0.1, 0.15) is 55.7 Å².